The SMILES string of the molecule is COc1ccc(OC)c(CN(Cc2ccco2)C(=S)Nc2ccc(Cl)cc2)c1. The smallest absolute Gasteiger partial charge is 0.174 e. The number of halogens is 1. The Hall–Kier alpha value is -2.70. The maximum absolute atomic E-state index is 5.97. The van der Waals surface area contributed by atoms with Crippen LogP contribution in [0.2, 0.25) is 5.02 Å². The number of furan rings is 1. The van der Waals surface area contributed by atoms with E-state index in [2.05, 4.69) is 5.32 Å². The lowest BCUT2D eigenvalue weighted by molar-refractivity contribution is 0.346. The number of anilines is 1. The van der Waals surface area contributed by atoms with E-state index in [0.29, 0.717) is 23.2 Å². The van der Waals surface area contributed by atoms with Crippen LogP contribution in [-0.4, -0.2) is 24.2 Å². The Kier molecular flexibility index (Phi) is 6.79. The van der Waals surface area contributed by atoms with Crippen molar-refractivity contribution >= 4 is 34.6 Å². The third-order valence-electron chi connectivity index (χ3n) is 4.16. The van der Waals surface area contributed by atoms with E-state index in [4.69, 9.17) is 37.7 Å². The predicted molar refractivity (Wildman–Crippen MR) is 115 cm³/mol. The number of nitrogens with one attached hydrogen (secondary N) is 1. The fraction of sp³-hybridized carbons (Fsp3) is 0.190. The van der Waals surface area contributed by atoms with Crippen LogP contribution < -0.4 is 14.8 Å². The van der Waals surface area contributed by atoms with E-state index in [-0.39, 0.29) is 0 Å². The van der Waals surface area contributed by atoms with Crippen molar-refractivity contribution in [2.45, 2.75) is 13.1 Å². The van der Waals surface area contributed by atoms with E-state index in [1.807, 2.05) is 59.5 Å². The topological polar surface area (TPSA) is 46.9 Å². The number of thiocarbonyl (C=S) groups is 1. The first-order valence-corrected chi connectivity index (χ1v) is 9.42. The molecule has 0 aliphatic heterocycles. The maximum atomic E-state index is 5.97. The summed E-state index contributed by atoms with van der Waals surface area (Å²) in [5.41, 5.74) is 1.81. The summed E-state index contributed by atoms with van der Waals surface area (Å²) >= 11 is 11.6. The highest BCUT2D eigenvalue weighted by atomic mass is 35.5. The van der Waals surface area contributed by atoms with Gasteiger partial charge in [-0.2, -0.15) is 0 Å². The second-order valence-corrected chi connectivity index (χ2v) is 6.87. The van der Waals surface area contributed by atoms with Crippen LogP contribution in [0.4, 0.5) is 5.69 Å². The molecule has 0 amide bonds. The van der Waals surface area contributed by atoms with Gasteiger partial charge in [-0.25, -0.2) is 0 Å². The summed E-state index contributed by atoms with van der Waals surface area (Å²) in [5, 5.41) is 4.48. The third-order valence-corrected chi connectivity index (χ3v) is 4.77. The molecule has 3 aromatic rings. The van der Waals surface area contributed by atoms with E-state index in [1.54, 1.807) is 20.5 Å². The molecule has 0 atom stereocenters. The molecule has 1 aromatic heterocycles. The van der Waals surface area contributed by atoms with Crippen molar-refractivity contribution in [1.29, 1.82) is 0 Å². The summed E-state index contributed by atoms with van der Waals surface area (Å²) in [6, 6.07) is 16.9. The average Bonchev–Trinajstić information content (AvgIpc) is 3.22. The van der Waals surface area contributed by atoms with Crippen LogP contribution >= 0.6 is 23.8 Å². The van der Waals surface area contributed by atoms with Crippen molar-refractivity contribution < 1.29 is 13.9 Å². The molecule has 0 aliphatic carbocycles. The summed E-state index contributed by atoms with van der Waals surface area (Å²) in [6.45, 7) is 1.02. The minimum Gasteiger partial charge on any atom is -0.497 e. The van der Waals surface area contributed by atoms with Crippen LogP contribution in [0.5, 0.6) is 11.5 Å². The summed E-state index contributed by atoms with van der Waals surface area (Å²) in [4.78, 5) is 2.00. The second-order valence-electron chi connectivity index (χ2n) is 6.05. The van der Waals surface area contributed by atoms with E-state index in [1.165, 1.54) is 0 Å². The number of hydrogen-bond donors (Lipinski definition) is 1. The maximum Gasteiger partial charge on any atom is 0.174 e. The third kappa shape index (κ3) is 5.18. The molecule has 0 spiro atoms. The van der Waals surface area contributed by atoms with Gasteiger partial charge in [-0.05, 0) is 66.8 Å². The zero-order chi connectivity index (χ0) is 19.9. The van der Waals surface area contributed by atoms with Gasteiger partial charge in [0.25, 0.3) is 0 Å². The number of rotatable bonds is 7. The Balaban J connectivity index is 1.84. The molecule has 2 aromatic carbocycles. The highest BCUT2D eigenvalue weighted by molar-refractivity contribution is 7.80. The van der Waals surface area contributed by atoms with Crippen molar-refractivity contribution in [3.05, 3.63) is 77.2 Å². The van der Waals surface area contributed by atoms with E-state index >= 15 is 0 Å². The van der Waals surface area contributed by atoms with Crippen molar-refractivity contribution in [2.24, 2.45) is 0 Å². The summed E-state index contributed by atoms with van der Waals surface area (Å²) in [7, 11) is 3.28. The summed E-state index contributed by atoms with van der Waals surface area (Å²) < 4.78 is 16.4. The fourth-order valence-corrected chi connectivity index (χ4v) is 3.11. The lowest BCUT2D eigenvalue weighted by Crippen LogP contribution is -2.33. The predicted octanol–water partition coefficient (Wildman–Crippen LogP) is 5.35. The van der Waals surface area contributed by atoms with Gasteiger partial charge in [0.15, 0.2) is 5.11 Å². The van der Waals surface area contributed by atoms with Crippen LogP contribution in [0.25, 0.3) is 0 Å². The first kappa shape index (κ1) is 20.0. The van der Waals surface area contributed by atoms with Gasteiger partial charge in [0.05, 0.1) is 27.0 Å². The van der Waals surface area contributed by atoms with Gasteiger partial charge in [-0.3, -0.25) is 0 Å². The highest BCUT2D eigenvalue weighted by Crippen LogP contribution is 2.26. The van der Waals surface area contributed by atoms with Gasteiger partial charge in [0.1, 0.15) is 17.3 Å². The van der Waals surface area contributed by atoms with Gasteiger partial charge in [0.2, 0.25) is 0 Å². The normalized spacial score (nSPS) is 10.4. The molecule has 0 unspecified atom stereocenters. The number of benzene rings is 2. The van der Waals surface area contributed by atoms with Crippen molar-refractivity contribution in [2.75, 3.05) is 19.5 Å². The number of methoxy groups -OCH3 is 2. The lowest BCUT2D eigenvalue weighted by atomic mass is 10.1. The molecule has 5 nitrogen and oxygen atoms in total. The van der Waals surface area contributed by atoms with Gasteiger partial charge >= 0.3 is 0 Å². The fourth-order valence-electron chi connectivity index (χ4n) is 2.74. The molecule has 146 valence electrons. The van der Waals surface area contributed by atoms with E-state index in [9.17, 15) is 0 Å². The molecule has 0 fully saturated rings. The van der Waals surface area contributed by atoms with Gasteiger partial charge < -0.3 is 24.1 Å². The Bertz CT molecular complexity index is 914. The van der Waals surface area contributed by atoms with E-state index < -0.39 is 0 Å². The Morgan fingerprint density at radius 2 is 1.86 bits per heavy atom. The van der Waals surface area contributed by atoms with Crippen molar-refractivity contribution in [3.63, 3.8) is 0 Å². The standard InChI is InChI=1S/C21H21ClN2O3S/c1-25-18-9-10-20(26-2)15(12-18)13-24(14-19-4-3-11-27-19)21(28)23-17-7-5-16(22)6-8-17/h3-12H,13-14H2,1-2H3,(H,23,28). The monoisotopic (exact) mass is 416 g/mol. The zero-order valence-corrected chi connectivity index (χ0v) is 17.2. The molecule has 0 saturated heterocycles. The molecular formula is C21H21ClN2O3S. The van der Waals surface area contributed by atoms with Crippen LogP contribution in [0.3, 0.4) is 0 Å². The average molecular weight is 417 g/mol. The van der Waals surface area contributed by atoms with Crippen molar-refractivity contribution in [3.8, 4) is 11.5 Å². The first-order chi connectivity index (χ1) is 13.6. The van der Waals surface area contributed by atoms with Gasteiger partial charge in [-0.15, -0.1) is 0 Å². The largest absolute Gasteiger partial charge is 0.497 e. The summed E-state index contributed by atoms with van der Waals surface area (Å²) in [5.74, 6) is 2.33. The minimum absolute atomic E-state index is 0.507. The first-order valence-electron chi connectivity index (χ1n) is 8.64. The molecule has 28 heavy (non-hydrogen) atoms. The Morgan fingerprint density at radius 1 is 1.07 bits per heavy atom. The number of hydrogen-bond acceptors (Lipinski definition) is 4. The molecule has 0 bridgehead atoms. The summed E-state index contributed by atoms with van der Waals surface area (Å²) in [6.07, 6.45) is 1.65. The molecule has 0 aliphatic rings. The van der Waals surface area contributed by atoms with E-state index in [0.717, 1.165) is 28.5 Å². The van der Waals surface area contributed by atoms with Gasteiger partial charge in [-0.1, -0.05) is 11.6 Å². The molecule has 3 rings (SSSR count). The number of nitrogens with zero attached hydrogens (tertiary/aromatic N) is 1. The lowest BCUT2D eigenvalue weighted by Gasteiger charge is -2.26. The molecule has 1 N–H and O–H groups in total. The van der Waals surface area contributed by atoms with Crippen LogP contribution in [0.1, 0.15) is 11.3 Å². The molecule has 7 heteroatoms. The quantitative estimate of drug-likeness (QED) is 0.524. The second kappa shape index (κ2) is 9.48. The van der Waals surface area contributed by atoms with Crippen LogP contribution in [-0.2, 0) is 13.1 Å². The Morgan fingerprint density at radius 3 is 2.50 bits per heavy atom. The van der Waals surface area contributed by atoms with Crippen molar-refractivity contribution in [1.82, 2.24) is 4.90 Å². The Labute approximate surface area is 174 Å². The minimum atomic E-state index is 0.507. The molecule has 0 saturated carbocycles. The van der Waals surface area contributed by atoms with Crippen LogP contribution in [0.15, 0.2) is 65.3 Å². The van der Waals surface area contributed by atoms with Crippen LogP contribution in [0, 0.1) is 0 Å². The molecular weight excluding hydrogens is 396 g/mol. The highest BCUT2D eigenvalue weighted by Gasteiger charge is 2.16. The number of ether oxygens (including phenoxy) is 2. The molecule has 0 radical (unpaired) electrons. The molecule has 1 heterocycles. The zero-order valence-electron chi connectivity index (χ0n) is 15.6. The van der Waals surface area contributed by atoms with Gasteiger partial charge in [0, 0.05) is 22.8 Å².